The van der Waals surface area contributed by atoms with Crippen LogP contribution in [0.1, 0.15) is 20.8 Å². The molecule has 2 atom stereocenters. The van der Waals surface area contributed by atoms with E-state index in [0.717, 1.165) is 0 Å². The fourth-order valence-corrected chi connectivity index (χ4v) is 2.88. The van der Waals surface area contributed by atoms with Gasteiger partial charge in [-0.1, -0.05) is 20.8 Å². The summed E-state index contributed by atoms with van der Waals surface area (Å²) in [7, 11) is 4.62. The first-order chi connectivity index (χ1) is 10.1. The maximum absolute atomic E-state index is 12.8. The lowest BCUT2D eigenvalue weighted by atomic mass is 9.91. The van der Waals surface area contributed by atoms with Crippen molar-refractivity contribution in [1.29, 1.82) is 0 Å². The molecule has 1 amide bonds. The fourth-order valence-electron chi connectivity index (χ4n) is 2.88. The van der Waals surface area contributed by atoms with Gasteiger partial charge in [-0.05, 0) is 0 Å². The smallest absolute Gasteiger partial charge is 0.342 e. The van der Waals surface area contributed by atoms with E-state index in [2.05, 4.69) is 0 Å². The lowest BCUT2D eigenvalue weighted by molar-refractivity contribution is -0.160. The van der Waals surface area contributed by atoms with Crippen LogP contribution in [0.25, 0.3) is 0 Å². The molecule has 7 nitrogen and oxygen atoms in total. The predicted molar refractivity (Wildman–Crippen MR) is 77.6 cm³/mol. The highest BCUT2D eigenvalue weighted by Gasteiger charge is 2.69. The molecule has 7 heteroatoms. The van der Waals surface area contributed by atoms with Crippen LogP contribution in [0.4, 0.5) is 0 Å². The highest BCUT2D eigenvalue weighted by atomic mass is 16.6. The largest absolute Gasteiger partial charge is 0.467 e. The zero-order chi connectivity index (χ0) is 16.9. The number of amides is 1. The Kier molecular flexibility index (Phi) is 3.81. The number of nitrogens with zero attached hydrogens (tertiary/aromatic N) is 2. The summed E-state index contributed by atoms with van der Waals surface area (Å²) < 4.78 is 10.4. The summed E-state index contributed by atoms with van der Waals surface area (Å²) in [5.74, 6) is -1.83. The van der Waals surface area contributed by atoms with Gasteiger partial charge in [-0.3, -0.25) is 14.5 Å². The molecule has 0 aliphatic carbocycles. The standard InChI is InChI=1S/C15H22N2O5/c1-14(2,3)12-17-11(19)9(7-16(4)5)10(18)15(17,8-22-12)13(20)21-6/h7,12H,8H2,1-6H3/b9-7+/t12-,15-/m1/s1. The highest BCUT2D eigenvalue weighted by molar-refractivity contribution is 6.35. The van der Waals surface area contributed by atoms with Crippen LogP contribution < -0.4 is 0 Å². The molecule has 2 rings (SSSR count). The van der Waals surface area contributed by atoms with Crippen molar-refractivity contribution in [1.82, 2.24) is 9.80 Å². The van der Waals surface area contributed by atoms with E-state index in [4.69, 9.17) is 9.47 Å². The van der Waals surface area contributed by atoms with Gasteiger partial charge in [-0.25, -0.2) is 4.79 Å². The number of ether oxygens (including phenoxy) is 2. The molecule has 2 saturated heterocycles. The third kappa shape index (κ3) is 2.11. The van der Waals surface area contributed by atoms with E-state index < -0.39 is 34.8 Å². The van der Waals surface area contributed by atoms with Crippen LogP contribution in [0.2, 0.25) is 0 Å². The van der Waals surface area contributed by atoms with Crippen molar-refractivity contribution in [2.24, 2.45) is 5.41 Å². The average molecular weight is 310 g/mol. The second-order valence-electron chi connectivity index (χ2n) is 6.89. The first-order valence-corrected chi connectivity index (χ1v) is 7.04. The van der Waals surface area contributed by atoms with Crippen molar-refractivity contribution in [3.8, 4) is 0 Å². The summed E-state index contributed by atoms with van der Waals surface area (Å²) in [6.07, 6.45) is 0.768. The van der Waals surface area contributed by atoms with Gasteiger partial charge in [0.05, 0.1) is 13.7 Å². The molecule has 0 spiro atoms. The molecule has 0 N–H and O–H groups in total. The number of carbonyl (C=O) groups is 3. The van der Waals surface area contributed by atoms with E-state index in [1.54, 1.807) is 19.0 Å². The van der Waals surface area contributed by atoms with E-state index in [0.29, 0.717) is 0 Å². The molecule has 2 fully saturated rings. The van der Waals surface area contributed by atoms with E-state index in [-0.39, 0.29) is 12.2 Å². The lowest BCUT2D eigenvalue weighted by Gasteiger charge is -2.35. The van der Waals surface area contributed by atoms with Gasteiger partial charge in [0.25, 0.3) is 5.91 Å². The molecule has 0 aromatic rings. The van der Waals surface area contributed by atoms with Crippen LogP contribution in [0, 0.1) is 5.41 Å². The summed E-state index contributed by atoms with van der Waals surface area (Å²) in [4.78, 5) is 40.7. The van der Waals surface area contributed by atoms with Crippen LogP contribution in [0.3, 0.4) is 0 Å². The molecule has 0 bridgehead atoms. The number of hydrogen-bond donors (Lipinski definition) is 0. The topological polar surface area (TPSA) is 76.2 Å². The molecule has 2 heterocycles. The van der Waals surface area contributed by atoms with Gasteiger partial charge >= 0.3 is 5.97 Å². The third-order valence-corrected chi connectivity index (χ3v) is 3.82. The molecule has 122 valence electrons. The molecule has 0 unspecified atom stereocenters. The molecular weight excluding hydrogens is 288 g/mol. The van der Waals surface area contributed by atoms with Crippen molar-refractivity contribution < 1.29 is 23.9 Å². The number of hydrogen-bond acceptors (Lipinski definition) is 6. The highest BCUT2D eigenvalue weighted by Crippen LogP contribution is 2.44. The Labute approximate surface area is 129 Å². The van der Waals surface area contributed by atoms with Crippen molar-refractivity contribution in [3.63, 3.8) is 0 Å². The molecule has 0 aromatic carbocycles. The molecular formula is C15H22N2O5. The van der Waals surface area contributed by atoms with Crippen LogP contribution in [-0.2, 0) is 23.9 Å². The number of fused-ring (bicyclic) bond motifs is 1. The first kappa shape index (κ1) is 16.5. The van der Waals surface area contributed by atoms with Gasteiger partial charge in [0.2, 0.25) is 11.3 Å². The van der Waals surface area contributed by atoms with Crippen LogP contribution in [-0.4, -0.2) is 67.0 Å². The maximum Gasteiger partial charge on any atom is 0.342 e. The van der Waals surface area contributed by atoms with Crippen molar-refractivity contribution in [2.75, 3.05) is 27.8 Å². The van der Waals surface area contributed by atoms with Crippen LogP contribution in [0.15, 0.2) is 11.8 Å². The minimum Gasteiger partial charge on any atom is -0.467 e. The summed E-state index contributed by atoms with van der Waals surface area (Å²) >= 11 is 0. The Balaban J connectivity index is 2.61. The van der Waals surface area contributed by atoms with E-state index >= 15 is 0 Å². The number of Topliss-reactive ketones (excluding diaryl/α,β-unsaturated/α-hetero) is 1. The molecule has 2 aliphatic rings. The fraction of sp³-hybridized carbons (Fsp3) is 0.667. The Bertz CT molecular complexity index is 561. The normalized spacial score (nSPS) is 30.0. The average Bonchev–Trinajstić information content (AvgIpc) is 2.90. The third-order valence-electron chi connectivity index (χ3n) is 3.82. The van der Waals surface area contributed by atoms with Crippen LogP contribution in [0.5, 0.6) is 0 Å². The number of rotatable bonds is 2. The number of ketones is 1. The summed E-state index contributed by atoms with van der Waals surface area (Å²) in [5.41, 5.74) is -2.17. The van der Waals surface area contributed by atoms with Crippen molar-refractivity contribution in [2.45, 2.75) is 32.5 Å². The number of carbonyl (C=O) groups excluding carboxylic acids is 3. The number of methoxy groups -OCH3 is 1. The van der Waals surface area contributed by atoms with Gasteiger partial charge in [-0.15, -0.1) is 0 Å². The molecule has 0 aromatic heterocycles. The Morgan fingerprint density at radius 2 is 2.00 bits per heavy atom. The monoisotopic (exact) mass is 310 g/mol. The zero-order valence-corrected chi connectivity index (χ0v) is 13.8. The van der Waals surface area contributed by atoms with Gasteiger partial charge in [0, 0.05) is 25.7 Å². The van der Waals surface area contributed by atoms with Crippen molar-refractivity contribution in [3.05, 3.63) is 11.8 Å². The Hall–Kier alpha value is -1.89. The molecule has 22 heavy (non-hydrogen) atoms. The first-order valence-electron chi connectivity index (χ1n) is 7.04. The van der Waals surface area contributed by atoms with Gasteiger partial charge < -0.3 is 14.4 Å². The van der Waals surface area contributed by atoms with Crippen molar-refractivity contribution >= 4 is 17.7 Å². The number of esters is 1. The lowest BCUT2D eigenvalue weighted by Crippen LogP contribution is -2.57. The van der Waals surface area contributed by atoms with Crippen LogP contribution >= 0.6 is 0 Å². The van der Waals surface area contributed by atoms with E-state index in [1.165, 1.54) is 18.2 Å². The van der Waals surface area contributed by atoms with Gasteiger partial charge in [0.1, 0.15) is 11.8 Å². The summed E-state index contributed by atoms with van der Waals surface area (Å²) in [6.45, 7) is 5.47. The second-order valence-corrected chi connectivity index (χ2v) is 6.89. The molecule has 0 radical (unpaired) electrons. The minimum absolute atomic E-state index is 0.0204. The minimum atomic E-state index is -1.70. The molecule has 0 saturated carbocycles. The van der Waals surface area contributed by atoms with E-state index in [9.17, 15) is 14.4 Å². The maximum atomic E-state index is 12.8. The second kappa shape index (κ2) is 5.08. The summed E-state index contributed by atoms with van der Waals surface area (Å²) in [6, 6.07) is 0. The SMILES string of the molecule is COC(=O)[C@]12CO[C@H](C(C)(C)C)N1C(=O)/C(=C/N(C)C)C2=O. The Morgan fingerprint density at radius 3 is 2.45 bits per heavy atom. The molecule has 2 aliphatic heterocycles. The Morgan fingerprint density at radius 1 is 1.41 bits per heavy atom. The predicted octanol–water partition coefficient (Wildman–Crippen LogP) is 0.157. The van der Waals surface area contributed by atoms with Gasteiger partial charge in [-0.2, -0.15) is 0 Å². The quantitative estimate of drug-likeness (QED) is 0.313. The summed E-state index contributed by atoms with van der Waals surface area (Å²) in [5, 5.41) is 0. The van der Waals surface area contributed by atoms with E-state index in [1.807, 2.05) is 20.8 Å². The zero-order valence-electron chi connectivity index (χ0n) is 13.8. The van der Waals surface area contributed by atoms with Gasteiger partial charge in [0.15, 0.2) is 0 Å².